The van der Waals surface area contributed by atoms with Crippen molar-refractivity contribution in [2.75, 3.05) is 32.1 Å². The lowest BCUT2D eigenvalue weighted by Crippen LogP contribution is -2.41. The number of methoxy groups -OCH3 is 1. The monoisotopic (exact) mass is 418 g/mol. The Morgan fingerprint density at radius 3 is 2.77 bits per heavy atom. The number of piperidine rings is 1. The van der Waals surface area contributed by atoms with Crippen LogP contribution >= 0.6 is 0 Å². The molecule has 1 amide bonds. The van der Waals surface area contributed by atoms with Gasteiger partial charge in [0.1, 0.15) is 5.75 Å². The third-order valence-electron chi connectivity index (χ3n) is 5.85. The fourth-order valence-corrected chi connectivity index (χ4v) is 4.15. The van der Waals surface area contributed by atoms with E-state index in [1.54, 1.807) is 7.11 Å². The molecule has 0 aliphatic carbocycles. The second kappa shape index (κ2) is 10.3. The van der Waals surface area contributed by atoms with Gasteiger partial charge in [-0.2, -0.15) is 5.10 Å². The van der Waals surface area contributed by atoms with E-state index < -0.39 is 0 Å². The molecule has 1 aliphatic heterocycles. The molecule has 6 nitrogen and oxygen atoms in total. The van der Waals surface area contributed by atoms with Crippen LogP contribution in [0.5, 0.6) is 5.75 Å². The molecule has 0 spiro atoms. The molecule has 0 radical (unpaired) electrons. The number of likely N-dealkylation sites (tertiary alicyclic amines) is 1. The average Bonchev–Trinajstić information content (AvgIpc) is 3.33. The molecule has 4 rings (SSSR count). The topological polar surface area (TPSA) is 59.4 Å². The van der Waals surface area contributed by atoms with E-state index in [1.807, 2.05) is 65.6 Å². The third kappa shape index (κ3) is 5.73. The smallest absolute Gasteiger partial charge is 0.228 e. The number of anilines is 1. The van der Waals surface area contributed by atoms with Crippen LogP contribution in [0.1, 0.15) is 19.3 Å². The maximum absolute atomic E-state index is 12.8. The summed E-state index contributed by atoms with van der Waals surface area (Å²) >= 11 is 0. The first kappa shape index (κ1) is 21.1. The Morgan fingerprint density at radius 1 is 1.13 bits per heavy atom. The van der Waals surface area contributed by atoms with Crippen molar-refractivity contribution < 1.29 is 9.53 Å². The van der Waals surface area contributed by atoms with Crippen LogP contribution in [0.4, 0.5) is 5.69 Å². The summed E-state index contributed by atoms with van der Waals surface area (Å²) in [5, 5.41) is 7.36. The van der Waals surface area contributed by atoms with Crippen molar-refractivity contribution in [2.45, 2.75) is 25.8 Å². The van der Waals surface area contributed by atoms with Crippen molar-refractivity contribution >= 4 is 11.6 Å². The maximum Gasteiger partial charge on any atom is 0.228 e. The quantitative estimate of drug-likeness (QED) is 0.593. The summed E-state index contributed by atoms with van der Waals surface area (Å²) in [6, 6.07) is 17.9. The SMILES string of the molecule is COc1cccc(-c2ccc(NC(=O)[C@H]3CCCN(CCCn4cccn4)C3)cc2)c1. The fourth-order valence-electron chi connectivity index (χ4n) is 4.15. The number of aromatic nitrogens is 2. The Balaban J connectivity index is 1.29. The second-order valence-electron chi connectivity index (χ2n) is 8.06. The highest BCUT2D eigenvalue weighted by atomic mass is 16.5. The van der Waals surface area contributed by atoms with Gasteiger partial charge in [0.2, 0.25) is 5.91 Å². The van der Waals surface area contributed by atoms with Gasteiger partial charge in [0, 0.05) is 31.2 Å². The number of carbonyl (C=O) groups excluding carboxylic acids is 1. The summed E-state index contributed by atoms with van der Waals surface area (Å²) in [5.41, 5.74) is 3.03. The molecule has 3 aromatic rings. The van der Waals surface area contributed by atoms with Crippen molar-refractivity contribution in [3.63, 3.8) is 0 Å². The minimum atomic E-state index is 0.0384. The van der Waals surface area contributed by atoms with Crippen molar-refractivity contribution in [3.05, 3.63) is 67.0 Å². The summed E-state index contributed by atoms with van der Waals surface area (Å²) in [4.78, 5) is 15.2. The van der Waals surface area contributed by atoms with Gasteiger partial charge in [-0.25, -0.2) is 0 Å². The zero-order valence-electron chi connectivity index (χ0n) is 18.0. The van der Waals surface area contributed by atoms with E-state index in [1.165, 1.54) is 0 Å². The molecule has 2 aromatic carbocycles. The Kier molecular flexibility index (Phi) is 6.99. The predicted molar refractivity (Wildman–Crippen MR) is 123 cm³/mol. The lowest BCUT2D eigenvalue weighted by molar-refractivity contribution is -0.121. The second-order valence-corrected chi connectivity index (χ2v) is 8.06. The van der Waals surface area contributed by atoms with Crippen LogP contribution < -0.4 is 10.1 Å². The Morgan fingerprint density at radius 2 is 2.00 bits per heavy atom. The van der Waals surface area contributed by atoms with Gasteiger partial charge >= 0.3 is 0 Å². The Labute approximate surface area is 183 Å². The van der Waals surface area contributed by atoms with Crippen LogP contribution in [0.15, 0.2) is 67.0 Å². The molecule has 1 aromatic heterocycles. The molecule has 2 heterocycles. The molecule has 31 heavy (non-hydrogen) atoms. The largest absolute Gasteiger partial charge is 0.497 e. The Bertz CT molecular complexity index is 969. The molecule has 0 unspecified atom stereocenters. The van der Waals surface area contributed by atoms with Crippen LogP contribution in [-0.4, -0.2) is 47.3 Å². The van der Waals surface area contributed by atoms with E-state index in [-0.39, 0.29) is 11.8 Å². The highest BCUT2D eigenvalue weighted by Crippen LogP contribution is 2.26. The Hall–Kier alpha value is -3.12. The first-order valence-electron chi connectivity index (χ1n) is 11.0. The van der Waals surface area contributed by atoms with Gasteiger partial charge in [-0.05, 0) is 73.8 Å². The molecule has 0 saturated carbocycles. The van der Waals surface area contributed by atoms with E-state index >= 15 is 0 Å². The molecule has 162 valence electrons. The van der Waals surface area contributed by atoms with Gasteiger partial charge in [0.05, 0.1) is 13.0 Å². The highest BCUT2D eigenvalue weighted by molar-refractivity contribution is 5.93. The minimum Gasteiger partial charge on any atom is -0.497 e. The summed E-state index contributed by atoms with van der Waals surface area (Å²) in [6.45, 7) is 3.81. The first-order chi connectivity index (χ1) is 15.2. The van der Waals surface area contributed by atoms with Gasteiger partial charge in [-0.15, -0.1) is 0 Å². The molecule has 6 heteroatoms. The van der Waals surface area contributed by atoms with Gasteiger partial charge in [0.25, 0.3) is 0 Å². The van der Waals surface area contributed by atoms with Crippen LogP contribution in [0.25, 0.3) is 11.1 Å². The zero-order valence-corrected chi connectivity index (χ0v) is 18.0. The molecule has 1 saturated heterocycles. The molecule has 1 N–H and O–H groups in total. The number of ether oxygens (including phenoxy) is 1. The summed E-state index contributed by atoms with van der Waals surface area (Å²) in [7, 11) is 1.67. The van der Waals surface area contributed by atoms with E-state index in [0.717, 1.165) is 68.0 Å². The minimum absolute atomic E-state index is 0.0384. The van der Waals surface area contributed by atoms with Crippen LogP contribution in [-0.2, 0) is 11.3 Å². The van der Waals surface area contributed by atoms with Crippen LogP contribution in [0.3, 0.4) is 0 Å². The van der Waals surface area contributed by atoms with E-state index in [2.05, 4.69) is 21.4 Å². The summed E-state index contributed by atoms with van der Waals surface area (Å²) < 4.78 is 7.27. The van der Waals surface area contributed by atoms with E-state index in [4.69, 9.17) is 4.74 Å². The van der Waals surface area contributed by atoms with Gasteiger partial charge < -0.3 is 15.0 Å². The molecular weight excluding hydrogens is 388 g/mol. The summed E-state index contributed by atoms with van der Waals surface area (Å²) in [6.07, 6.45) is 6.86. The molecule has 1 fully saturated rings. The first-order valence-corrected chi connectivity index (χ1v) is 11.0. The van der Waals surface area contributed by atoms with E-state index in [9.17, 15) is 4.79 Å². The molecule has 1 aliphatic rings. The third-order valence-corrected chi connectivity index (χ3v) is 5.85. The number of nitrogens with one attached hydrogen (secondary N) is 1. The van der Waals surface area contributed by atoms with Crippen LogP contribution in [0, 0.1) is 5.92 Å². The number of nitrogens with zero attached hydrogens (tertiary/aromatic N) is 3. The van der Waals surface area contributed by atoms with Gasteiger partial charge in [-0.3, -0.25) is 9.48 Å². The normalized spacial score (nSPS) is 16.7. The molecular formula is C25H30N4O2. The number of benzene rings is 2. The average molecular weight is 419 g/mol. The predicted octanol–water partition coefficient (Wildman–Crippen LogP) is 4.30. The zero-order chi connectivity index (χ0) is 21.5. The highest BCUT2D eigenvalue weighted by Gasteiger charge is 2.25. The molecule has 0 bridgehead atoms. The number of aryl methyl sites for hydroxylation is 1. The molecule has 1 atom stereocenters. The van der Waals surface area contributed by atoms with Crippen molar-refractivity contribution in [3.8, 4) is 16.9 Å². The lowest BCUT2D eigenvalue weighted by Gasteiger charge is -2.32. The van der Waals surface area contributed by atoms with Crippen molar-refractivity contribution in [2.24, 2.45) is 5.92 Å². The number of hydrogen-bond acceptors (Lipinski definition) is 4. The van der Waals surface area contributed by atoms with Gasteiger partial charge in [0.15, 0.2) is 0 Å². The number of carbonyl (C=O) groups is 1. The number of amides is 1. The standard InChI is InChI=1S/C25H30N4O2/c1-31-24-8-2-6-21(18-24)20-9-11-23(12-10-20)27-25(30)22-7-3-14-28(19-22)15-5-17-29-16-4-13-26-29/h2,4,6,8-13,16,18,22H,3,5,7,14-15,17,19H2,1H3,(H,27,30)/t22-/m0/s1. The van der Waals surface area contributed by atoms with Gasteiger partial charge in [-0.1, -0.05) is 24.3 Å². The number of rotatable bonds is 8. The summed E-state index contributed by atoms with van der Waals surface area (Å²) in [5.74, 6) is 0.990. The van der Waals surface area contributed by atoms with Crippen LogP contribution in [0.2, 0.25) is 0 Å². The number of hydrogen-bond donors (Lipinski definition) is 1. The fraction of sp³-hybridized carbons (Fsp3) is 0.360. The maximum atomic E-state index is 12.8. The van der Waals surface area contributed by atoms with Crippen molar-refractivity contribution in [1.29, 1.82) is 0 Å². The van der Waals surface area contributed by atoms with Crippen molar-refractivity contribution in [1.82, 2.24) is 14.7 Å². The lowest BCUT2D eigenvalue weighted by atomic mass is 9.96. The van der Waals surface area contributed by atoms with E-state index in [0.29, 0.717) is 0 Å².